The Morgan fingerprint density at radius 2 is 1.70 bits per heavy atom. The van der Waals surface area contributed by atoms with Crippen LogP contribution in [0.4, 0.5) is 5.95 Å². The molecule has 1 aliphatic heterocycles. The number of fused-ring (bicyclic) bond motifs is 1. The van der Waals surface area contributed by atoms with E-state index in [4.69, 9.17) is 4.42 Å². The molecule has 1 saturated heterocycles. The van der Waals surface area contributed by atoms with Gasteiger partial charge in [0.2, 0.25) is 11.9 Å². The summed E-state index contributed by atoms with van der Waals surface area (Å²) in [7, 11) is 0. The van der Waals surface area contributed by atoms with Crippen molar-refractivity contribution in [3.63, 3.8) is 0 Å². The van der Waals surface area contributed by atoms with E-state index in [2.05, 4.69) is 25.7 Å². The van der Waals surface area contributed by atoms with Crippen LogP contribution in [0.2, 0.25) is 0 Å². The lowest BCUT2D eigenvalue weighted by atomic mass is 9.96. The molecule has 1 fully saturated rings. The van der Waals surface area contributed by atoms with Crippen molar-refractivity contribution in [3.05, 3.63) is 53.0 Å². The van der Waals surface area contributed by atoms with Crippen LogP contribution in [0, 0.1) is 26.7 Å². The molecular weight excluding hydrogens is 382 g/mol. The normalized spacial score (nSPS) is 14.7. The predicted octanol–water partition coefficient (Wildman–Crippen LogP) is 2.83. The topological polar surface area (TPSA) is 100 Å². The highest BCUT2D eigenvalue weighted by atomic mass is 16.3. The minimum atomic E-state index is -0.453. The second-order valence-corrected chi connectivity index (χ2v) is 7.71. The molecule has 0 saturated carbocycles. The van der Waals surface area contributed by atoms with Gasteiger partial charge in [-0.05, 0) is 50.8 Å². The van der Waals surface area contributed by atoms with E-state index >= 15 is 0 Å². The second-order valence-electron chi connectivity index (χ2n) is 7.71. The van der Waals surface area contributed by atoms with Crippen molar-refractivity contribution in [3.8, 4) is 0 Å². The zero-order valence-corrected chi connectivity index (χ0v) is 17.4. The number of hydrazine groups is 1. The number of hydrogen-bond acceptors (Lipinski definition) is 6. The van der Waals surface area contributed by atoms with Crippen LogP contribution in [-0.2, 0) is 4.79 Å². The summed E-state index contributed by atoms with van der Waals surface area (Å²) in [6.45, 7) is 7.17. The molecule has 0 radical (unpaired) electrons. The van der Waals surface area contributed by atoms with Crippen LogP contribution >= 0.6 is 0 Å². The number of amides is 2. The summed E-state index contributed by atoms with van der Waals surface area (Å²) in [4.78, 5) is 35.7. The fraction of sp³-hybridized carbons (Fsp3) is 0.364. The average Bonchev–Trinajstić information content (AvgIpc) is 3.14. The van der Waals surface area contributed by atoms with Gasteiger partial charge < -0.3 is 9.32 Å². The van der Waals surface area contributed by atoms with Gasteiger partial charge in [0.15, 0.2) is 5.76 Å². The van der Waals surface area contributed by atoms with Crippen LogP contribution in [-0.4, -0.2) is 34.9 Å². The van der Waals surface area contributed by atoms with Crippen molar-refractivity contribution >= 4 is 28.7 Å². The van der Waals surface area contributed by atoms with E-state index in [-0.39, 0.29) is 17.6 Å². The Labute approximate surface area is 174 Å². The van der Waals surface area contributed by atoms with Crippen LogP contribution < -0.4 is 15.8 Å². The van der Waals surface area contributed by atoms with Gasteiger partial charge in [0.05, 0.1) is 0 Å². The van der Waals surface area contributed by atoms with Crippen LogP contribution in [0.3, 0.4) is 0 Å². The Morgan fingerprint density at radius 3 is 2.37 bits per heavy atom. The van der Waals surface area contributed by atoms with Crippen molar-refractivity contribution in [2.24, 2.45) is 5.92 Å². The minimum absolute atomic E-state index is 0.175. The number of rotatable bonds is 3. The number of furan rings is 1. The van der Waals surface area contributed by atoms with Crippen LogP contribution in [0.25, 0.3) is 11.0 Å². The Hall–Kier alpha value is -3.42. The van der Waals surface area contributed by atoms with Gasteiger partial charge in [0, 0.05) is 42.4 Å². The first-order chi connectivity index (χ1) is 14.5. The Kier molecular flexibility index (Phi) is 5.39. The molecule has 1 aromatic carbocycles. The zero-order chi connectivity index (χ0) is 21.3. The largest absolute Gasteiger partial charge is 0.450 e. The summed E-state index contributed by atoms with van der Waals surface area (Å²) in [5.41, 5.74) is 8.57. The van der Waals surface area contributed by atoms with Crippen molar-refractivity contribution in [1.82, 2.24) is 20.8 Å². The number of carbonyl (C=O) groups is 2. The molecule has 30 heavy (non-hydrogen) atoms. The lowest BCUT2D eigenvalue weighted by molar-refractivity contribution is -0.126. The second kappa shape index (κ2) is 8.14. The number of carbonyl (C=O) groups excluding carboxylic acids is 2. The number of aryl methyl sites for hydroxylation is 3. The first kappa shape index (κ1) is 19.9. The third kappa shape index (κ3) is 3.72. The highest BCUT2D eigenvalue weighted by Crippen LogP contribution is 2.30. The number of aromatic nitrogens is 2. The number of nitrogens with zero attached hydrogens (tertiary/aromatic N) is 3. The van der Waals surface area contributed by atoms with Crippen molar-refractivity contribution in [2.45, 2.75) is 33.6 Å². The molecule has 4 rings (SSSR count). The lowest BCUT2D eigenvalue weighted by Gasteiger charge is -2.31. The summed E-state index contributed by atoms with van der Waals surface area (Å²) in [6.07, 6.45) is 4.75. The fourth-order valence-electron chi connectivity index (χ4n) is 3.97. The van der Waals surface area contributed by atoms with E-state index in [9.17, 15) is 9.59 Å². The molecule has 0 unspecified atom stereocenters. The van der Waals surface area contributed by atoms with Crippen LogP contribution in [0.5, 0.6) is 0 Å². The SMILES string of the molecule is Cc1ccc(C)c2c(C)c(C(=O)NNC(=O)C3CCN(c4ncccn4)CC3)oc12. The Bertz CT molecular complexity index is 1090. The molecule has 3 heterocycles. The average molecular weight is 407 g/mol. The Balaban J connectivity index is 1.36. The molecule has 156 valence electrons. The summed E-state index contributed by atoms with van der Waals surface area (Å²) in [5.74, 6) is 0.0740. The number of anilines is 1. The first-order valence-corrected chi connectivity index (χ1v) is 10.1. The van der Waals surface area contributed by atoms with Crippen molar-refractivity contribution in [2.75, 3.05) is 18.0 Å². The molecule has 3 aromatic rings. The van der Waals surface area contributed by atoms with Gasteiger partial charge in [-0.1, -0.05) is 12.1 Å². The van der Waals surface area contributed by atoms with Crippen LogP contribution in [0.1, 0.15) is 40.1 Å². The molecule has 0 spiro atoms. The van der Waals surface area contributed by atoms with E-state index in [1.165, 1.54) is 0 Å². The van der Waals surface area contributed by atoms with Gasteiger partial charge in [-0.25, -0.2) is 9.97 Å². The van der Waals surface area contributed by atoms with Gasteiger partial charge in [0.1, 0.15) is 5.58 Å². The van der Waals surface area contributed by atoms with Gasteiger partial charge in [0.25, 0.3) is 0 Å². The van der Waals surface area contributed by atoms with E-state index in [0.29, 0.717) is 37.5 Å². The third-order valence-electron chi connectivity index (χ3n) is 5.69. The molecule has 2 N–H and O–H groups in total. The standard InChI is InChI=1S/C22H25N5O3/c1-13-5-6-14(2)18-17(13)15(3)19(30-18)21(29)26-25-20(28)16-7-11-27(12-8-16)22-23-9-4-10-24-22/h4-6,9-10,16H,7-8,11-12H2,1-3H3,(H,25,28)(H,26,29). The minimum Gasteiger partial charge on any atom is -0.450 e. The van der Waals surface area contributed by atoms with Gasteiger partial charge >= 0.3 is 5.91 Å². The summed E-state index contributed by atoms with van der Waals surface area (Å²) in [6, 6.07) is 5.76. The van der Waals surface area contributed by atoms with E-state index in [0.717, 1.165) is 22.1 Å². The molecule has 0 aliphatic carbocycles. The number of nitrogens with one attached hydrogen (secondary N) is 2. The monoisotopic (exact) mass is 407 g/mol. The molecule has 0 atom stereocenters. The molecular formula is C22H25N5O3. The van der Waals surface area contributed by atoms with Crippen molar-refractivity contribution < 1.29 is 14.0 Å². The third-order valence-corrected chi connectivity index (χ3v) is 5.69. The summed E-state index contributed by atoms with van der Waals surface area (Å²) in [5, 5.41) is 0.946. The zero-order valence-electron chi connectivity index (χ0n) is 17.4. The number of hydrogen-bond donors (Lipinski definition) is 2. The van der Waals surface area contributed by atoms with E-state index in [1.54, 1.807) is 18.5 Å². The molecule has 0 bridgehead atoms. The number of benzene rings is 1. The summed E-state index contributed by atoms with van der Waals surface area (Å²) >= 11 is 0. The predicted molar refractivity (Wildman–Crippen MR) is 113 cm³/mol. The molecule has 1 aliphatic rings. The maximum absolute atomic E-state index is 12.6. The fourth-order valence-corrected chi connectivity index (χ4v) is 3.97. The maximum atomic E-state index is 12.6. The van der Waals surface area contributed by atoms with Crippen molar-refractivity contribution in [1.29, 1.82) is 0 Å². The molecule has 2 amide bonds. The summed E-state index contributed by atoms with van der Waals surface area (Å²) < 4.78 is 5.83. The number of piperidine rings is 1. The molecule has 8 heteroatoms. The van der Waals surface area contributed by atoms with E-state index in [1.807, 2.05) is 32.9 Å². The van der Waals surface area contributed by atoms with Gasteiger partial charge in [-0.3, -0.25) is 20.4 Å². The molecule has 8 nitrogen and oxygen atoms in total. The van der Waals surface area contributed by atoms with E-state index < -0.39 is 5.91 Å². The smallest absolute Gasteiger partial charge is 0.305 e. The molecule has 2 aromatic heterocycles. The quantitative estimate of drug-likeness (QED) is 0.648. The maximum Gasteiger partial charge on any atom is 0.305 e. The highest BCUT2D eigenvalue weighted by Gasteiger charge is 2.27. The highest BCUT2D eigenvalue weighted by molar-refractivity contribution is 6.01. The van der Waals surface area contributed by atoms with Crippen LogP contribution in [0.15, 0.2) is 35.0 Å². The lowest BCUT2D eigenvalue weighted by Crippen LogP contribution is -2.47. The van der Waals surface area contributed by atoms with Gasteiger partial charge in [-0.15, -0.1) is 0 Å². The Morgan fingerprint density at radius 1 is 1.03 bits per heavy atom. The first-order valence-electron chi connectivity index (χ1n) is 10.1. The van der Waals surface area contributed by atoms with Gasteiger partial charge in [-0.2, -0.15) is 0 Å².